The van der Waals surface area contributed by atoms with Crippen molar-refractivity contribution in [2.24, 2.45) is 0 Å². The molecule has 0 aliphatic heterocycles. The van der Waals surface area contributed by atoms with Crippen LogP contribution in [-0.2, 0) is 14.8 Å². The van der Waals surface area contributed by atoms with Gasteiger partial charge in [0.05, 0.1) is 18.2 Å². The van der Waals surface area contributed by atoms with Gasteiger partial charge in [-0.15, -0.1) is 0 Å². The summed E-state index contributed by atoms with van der Waals surface area (Å²) in [6.45, 7) is 2.05. The number of amides is 1. The number of hydrogen-bond donors (Lipinski definition) is 1. The molecular formula is C23H26N2O4S. The minimum Gasteiger partial charge on any atom is -0.469 e. The third kappa shape index (κ3) is 5.73. The molecular weight excluding hydrogens is 400 g/mol. The summed E-state index contributed by atoms with van der Waals surface area (Å²) < 4.78 is 31.1. The molecule has 0 unspecified atom stereocenters. The zero-order valence-corrected chi connectivity index (χ0v) is 17.9. The van der Waals surface area contributed by atoms with Crippen molar-refractivity contribution in [1.82, 2.24) is 5.32 Å². The maximum atomic E-state index is 12.5. The lowest BCUT2D eigenvalue weighted by molar-refractivity contribution is -0.119. The quantitative estimate of drug-likeness (QED) is 0.566. The molecule has 7 heteroatoms. The molecule has 0 bridgehead atoms. The van der Waals surface area contributed by atoms with E-state index >= 15 is 0 Å². The molecule has 1 heterocycles. The van der Waals surface area contributed by atoms with Crippen molar-refractivity contribution in [3.05, 3.63) is 89.9 Å². The van der Waals surface area contributed by atoms with Crippen LogP contribution in [0.15, 0.2) is 77.4 Å². The van der Waals surface area contributed by atoms with Gasteiger partial charge in [-0.1, -0.05) is 48.0 Å². The second-order valence-corrected chi connectivity index (χ2v) is 9.13. The molecule has 0 spiro atoms. The maximum absolute atomic E-state index is 12.5. The first-order valence-electron chi connectivity index (χ1n) is 9.74. The van der Waals surface area contributed by atoms with Crippen LogP contribution in [0.4, 0.5) is 5.69 Å². The Kier molecular flexibility index (Phi) is 6.95. The number of hydrogen-bond acceptors (Lipinski definition) is 4. The van der Waals surface area contributed by atoms with Crippen LogP contribution in [0.3, 0.4) is 0 Å². The lowest BCUT2D eigenvalue weighted by Crippen LogP contribution is -2.40. The zero-order valence-electron chi connectivity index (χ0n) is 17.1. The van der Waals surface area contributed by atoms with Gasteiger partial charge in [0.25, 0.3) is 0 Å². The molecule has 1 aromatic heterocycles. The molecule has 0 aliphatic rings. The van der Waals surface area contributed by atoms with E-state index in [1.807, 2.05) is 61.5 Å². The number of carbonyl (C=O) groups is 1. The number of carbonyl (C=O) groups excluding carboxylic acids is 1. The highest BCUT2D eigenvalue weighted by Crippen LogP contribution is 2.27. The van der Waals surface area contributed by atoms with Crippen LogP contribution in [0, 0.1) is 6.92 Å². The highest BCUT2D eigenvalue weighted by atomic mass is 32.2. The third-order valence-corrected chi connectivity index (χ3v) is 5.99. The van der Waals surface area contributed by atoms with Gasteiger partial charge in [-0.05, 0) is 43.2 Å². The van der Waals surface area contributed by atoms with Crippen molar-refractivity contribution < 1.29 is 17.6 Å². The van der Waals surface area contributed by atoms with Gasteiger partial charge < -0.3 is 9.73 Å². The van der Waals surface area contributed by atoms with E-state index in [4.69, 9.17) is 4.42 Å². The summed E-state index contributed by atoms with van der Waals surface area (Å²) in [4.78, 5) is 12.5. The third-order valence-electron chi connectivity index (χ3n) is 4.85. The SMILES string of the molecule is Cc1ccc(N(CC(=O)NCC[C@@H](c2ccccc2)c2ccco2)S(C)(=O)=O)cc1. The molecule has 6 nitrogen and oxygen atoms in total. The molecule has 0 radical (unpaired) electrons. The monoisotopic (exact) mass is 426 g/mol. The lowest BCUT2D eigenvalue weighted by Gasteiger charge is -2.22. The Hall–Kier alpha value is -3.06. The van der Waals surface area contributed by atoms with Gasteiger partial charge in [-0.2, -0.15) is 0 Å². The molecule has 1 amide bonds. The number of furan rings is 1. The maximum Gasteiger partial charge on any atom is 0.240 e. The fourth-order valence-corrected chi connectivity index (χ4v) is 4.16. The number of sulfonamides is 1. The lowest BCUT2D eigenvalue weighted by atomic mass is 9.93. The summed E-state index contributed by atoms with van der Waals surface area (Å²) in [5.41, 5.74) is 2.58. The van der Waals surface area contributed by atoms with E-state index in [1.54, 1.807) is 18.4 Å². The topological polar surface area (TPSA) is 79.6 Å². The van der Waals surface area contributed by atoms with Crippen LogP contribution in [-0.4, -0.2) is 33.7 Å². The molecule has 0 saturated heterocycles. The average molecular weight is 427 g/mol. The van der Waals surface area contributed by atoms with E-state index in [0.717, 1.165) is 27.4 Å². The molecule has 3 rings (SSSR count). The van der Waals surface area contributed by atoms with Crippen LogP contribution in [0.25, 0.3) is 0 Å². The molecule has 0 saturated carbocycles. The average Bonchev–Trinajstić information content (AvgIpc) is 3.24. The molecule has 0 aliphatic carbocycles. The van der Waals surface area contributed by atoms with E-state index in [-0.39, 0.29) is 18.4 Å². The second-order valence-electron chi connectivity index (χ2n) is 7.22. The van der Waals surface area contributed by atoms with Crippen LogP contribution in [0.1, 0.15) is 29.2 Å². The number of rotatable bonds is 9. The van der Waals surface area contributed by atoms with Gasteiger partial charge in [0, 0.05) is 12.5 Å². The summed E-state index contributed by atoms with van der Waals surface area (Å²) in [6.07, 6.45) is 3.37. The minimum atomic E-state index is -3.59. The molecule has 1 N–H and O–H groups in total. The van der Waals surface area contributed by atoms with Crippen LogP contribution in [0.2, 0.25) is 0 Å². The zero-order chi connectivity index (χ0) is 21.6. The van der Waals surface area contributed by atoms with Crippen LogP contribution >= 0.6 is 0 Å². The van der Waals surface area contributed by atoms with Crippen molar-refractivity contribution in [3.63, 3.8) is 0 Å². The molecule has 158 valence electrons. The predicted molar refractivity (Wildman–Crippen MR) is 118 cm³/mol. The molecule has 3 aromatic rings. The summed E-state index contributed by atoms with van der Waals surface area (Å²) in [7, 11) is -3.59. The van der Waals surface area contributed by atoms with Gasteiger partial charge in [0.1, 0.15) is 12.3 Å². The number of anilines is 1. The van der Waals surface area contributed by atoms with Gasteiger partial charge in [-0.3, -0.25) is 9.10 Å². The first-order valence-corrected chi connectivity index (χ1v) is 11.6. The van der Waals surface area contributed by atoms with E-state index in [2.05, 4.69) is 5.32 Å². The molecule has 2 aromatic carbocycles. The largest absolute Gasteiger partial charge is 0.469 e. The number of benzene rings is 2. The summed E-state index contributed by atoms with van der Waals surface area (Å²) in [5.74, 6) is 0.477. The van der Waals surface area contributed by atoms with Crippen molar-refractivity contribution in [2.45, 2.75) is 19.3 Å². The summed E-state index contributed by atoms with van der Waals surface area (Å²) in [5, 5.41) is 2.84. The summed E-state index contributed by atoms with van der Waals surface area (Å²) in [6, 6.07) is 20.7. The Morgan fingerprint density at radius 3 is 2.33 bits per heavy atom. The highest BCUT2D eigenvalue weighted by molar-refractivity contribution is 7.92. The van der Waals surface area contributed by atoms with Gasteiger partial charge in [0.2, 0.25) is 15.9 Å². The smallest absolute Gasteiger partial charge is 0.240 e. The van der Waals surface area contributed by atoms with E-state index < -0.39 is 10.0 Å². The first-order chi connectivity index (χ1) is 14.3. The number of nitrogens with zero attached hydrogens (tertiary/aromatic N) is 1. The summed E-state index contributed by atoms with van der Waals surface area (Å²) >= 11 is 0. The van der Waals surface area contributed by atoms with E-state index in [1.165, 1.54) is 0 Å². The van der Waals surface area contributed by atoms with Gasteiger partial charge in [0.15, 0.2) is 0 Å². The Bertz CT molecular complexity index is 1050. The van der Waals surface area contributed by atoms with E-state index in [9.17, 15) is 13.2 Å². The molecule has 0 fully saturated rings. The van der Waals surface area contributed by atoms with Crippen LogP contribution < -0.4 is 9.62 Å². The predicted octanol–water partition coefficient (Wildman–Crippen LogP) is 3.69. The standard InChI is InChI=1S/C23H26N2O4S/c1-18-10-12-20(13-11-18)25(30(2,27)28)17-23(26)24-15-14-21(22-9-6-16-29-22)19-7-4-3-5-8-19/h3-13,16,21H,14-15,17H2,1-2H3,(H,24,26)/t21-/m0/s1. The number of nitrogens with one attached hydrogen (secondary N) is 1. The van der Waals surface area contributed by atoms with Gasteiger partial charge in [-0.25, -0.2) is 8.42 Å². The fraction of sp³-hybridized carbons (Fsp3) is 0.261. The fourth-order valence-electron chi connectivity index (χ4n) is 3.30. The van der Waals surface area contributed by atoms with Gasteiger partial charge >= 0.3 is 0 Å². The van der Waals surface area contributed by atoms with Crippen molar-refractivity contribution in [3.8, 4) is 0 Å². The first kappa shape index (κ1) is 21.6. The highest BCUT2D eigenvalue weighted by Gasteiger charge is 2.21. The molecule has 1 atom stereocenters. The number of aryl methyl sites for hydroxylation is 1. The minimum absolute atomic E-state index is 0.00427. The Labute approximate surface area is 177 Å². The van der Waals surface area contributed by atoms with E-state index in [0.29, 0.717) is 18.7 Å². The molecule has 30 heavy (non-hydrogen) atoms. The van der Waals surface area contributed by atoms with Crippen LogP contribution in [0.5, 0.6) is 0 Å². The normalized spacial score (nSPS) is 12.3. The Morgan fingerprint density at radius 2 is 1.73 bits per heavy atom. The Morgan fingerprint density at radius 1 is 1.03 bits per heavy atom. The second kappa shape index (κ2) is 9.63. The van der Waals surface area contributed by atoms with Crippen molar-refractivity contribution in [2.75, 3.05) is 23.7 Å². The van der Waals surface area contributed by atoms with Crippen molar-refractivity contribution in [1.29, 1.82) is 0 Å². The Balaban J connectivity index is 1.64. The van der Waals surface area contributed by atoms with Crippen molar-refractivity contribution >= 4 is 21.6 Å².